The number of hydrogen-bond donors (Lipinski definition) is 3. The average molecular weight is 271 g/mol. The van der Waals surface area contributed by atoms with Crippen molar-refractivity contribution in [2.45, 2.75) is 38.8 Å². The SMILES string of the molecule is CC(C)(O)C(C)(C)NC(=O)c1ccc(Cl)cc1N. The smallest absolute Gasteiger partial charge is 0.253 e. The number of hydrogen-bond acceptors (Lipinski definition) is 3. The molecular weight excluding hydrogens is 252 g/mol. The first kappa shape index (κ1) is 14.8. The summed E-state index contributed by atoms with van der Waals surface area (Å²) in [7, 11) is 0. The van der Waals surface area contributed by atoms with Crippen LogP contribution in [-0.4, -0.2) is 22.2 Å². The Morgan fingerprint density at radius 1 is 1.33 bits per heavy atom. The fourth-order valence-corrected chi connectivity index (χ4v) is 1.43. The van der Waals surface area contributed by atoms with Crippen molar-refractivity contribution in [1.82, 2.24) is 5.32 Å². The second kappa shape index (κ2) is 4.78. The Morgan fingerprint density at radius 3 is 2.33 bits per heavy atom. The number of halogens is 1. The van der Waals surface area contributed by atoms with E-state index in [0.717, 1.165) is 0 Å². The largest absolute Gasteiger partial charge is 0.398 e. The van der Waals surface area contributed by atoms with E-state index in [0.29, 0.717) is 16.3 Å². The zero-order valence-electron chi connectivity index (χ0n) is 11.0. The Labute approximate surface area is 112 Å². The molecule has 0 fully saturated rings. The third-order valence-corrected chi connectivity index (χ3v) is 3.45. The Morgan fingerprint density at radius 2 is 1.89 bits per heavy atom. The zero-order chi connectivity index (χ0) is 14.1. The molecule has 1 amide bonds. The van der Waals surface area contributed by atoms with Gasteiger partial charge in [-0.05, 0) is 45.9 Å². The van der Waals surface area contributed by atoms with E-state index in [1.54, 1.807) is 39.8 Å². The van der Waals surface area contributed by atoms with Gasteiger partial charge in [-0.2, -0.15) is 0 Å². The molecule has 0 heterocycles. The normalized spacial score (nSPS) is 12.3. The maximum Gasteiger partial charge on any atom is 0.253 e. The molecule has 0 unspecified atom stereocenters. The summed E-state index contributed by atoms with van der Waals surface area (Å²) in [6.07, 6.45) is 0. The van der Waals surface area contributed by atoms with Crippen LogP contribution in [0.5, 0.6) is 0 Å². The van der Waals surface area contributed by atoms with Gasteiger partial charge in [0.1, 0.15) is 0 Å². The van der Waals surface area contributed by atoms with Gasteiger partial charge in [-0.25, -0.2) is 0 Å². The van der Waals surface area contributed by atoms with Crippen LogP contribution >= 0.6 is 11.6 Å². The molecule has 5 heteroatoms. The van der Waals surface area contributed by atoms with E-state index in [4.69, 9.17) is 17.3 Å². The summed E-state index contributed by atoms with van der Waals surface area (Å²) in [5.74, 6) is -0.337. The van der Waals surface area contributed by atoms with Crippen molar-refractivity contribution in [3.8, 4) is 0 Å². The average Bonchev–Trinajstić information content (AvgIpc) is 2.14. The maximum atomic E-state index is 12.1. The number of anilines is 1. The van der Waals surface area contributed by atoms with Crippen LogP contribution in [-0.2, 0) is 0 Å². The fraction of sp³-hybridized carbons (Fsp3) is 0.462. The molecule has 0 spiro atoms. The number of carbonyl (C=O) groups is 1. The molecule has 1 rings (SSSR count). The Hall–Kier alpha value is -1.26. The molecule has 4 nitrogen and oxygen atoms in total. The molecule has 0 saturated heterocycles. The van der Waals surface area contributed by atoms with Crippen molar-refractivity contribution >= 4 is 23.2 Å². The van der Waals surface area contributed by atoms with Gasteiger partial charge in [-0.3, -0.25) is 4.79 Å². The summed E-state index contributed by atoms with van der Waals surface area (Å²) in [6.45, 7) is 6.77. The van der Waals surface area contributed by atoms with E-state index in [9.17, 15) is 9.90 Å². The van der Waals surface area contributed by atoms with Crippen LogP contribution in [0.25, 0.3) is 0 Å². The molecule has 0 atom stereocenters. The van der Waals surface area contributed by atoms with Crippen LogP contribution in [0.15, 0.2) is 18.2 Å². The predicted molar refractivity (Wildman–Crippen MR) is 73.7 cm³/mol. The molecule has 100 valence electrons. The van der Waals surface area contributed by atoms with Crippen molar-refractivity contribution < 1.29 is 9.90 Å². The summed E-state index contributed by atoms with van der Waals surface area (Å²) >= 11 is 5.78. The molecule has 0 aliphatic carbocycles. The maximum absolute atomic E-state index is 12.1. The van der Waals surface area contributed by atoms with Gasteiger partial charge in [0.2, 0.25) is 0 Å². The first-order valence-electron chi connectivity index (χ1n) is 5.64. The number of rotatable bonds is 3. The van der Waals surface area contributed by atoms with Gasteiger partial charge in [-0.15, -0.1) is 0 Å². The molecule has 0 bridgehead atoms. The second-order valence-electron chi connectivity index (χ2n) is 5.37. The van der Waals surface area contributed by atoms with E-state index in [1.165, 1.54) is 6.07 Å². The quantitative estimate of drug-likeness (QED) is 0.737. The highest BCUT2D eigenvalue weighted by Gasteiger charge is 2.36. The van der Waals surface area contributed by atoms with Crippen LogP contribution in [0.4, 0.5) is 5.69 Å². The molecular formula is C13H19ClN2O2. The second-order valence-corrected chi connectivity index (χ2v) is 5.81. The van der Waals surface area contributed by atoms with Crippen molar-refractivity contribution in [2.75, 3.05) is 5.73 Å². The highest BCUT2D eigenvalue weighted by Crippen LogP contribution is 2.23. The molecule has 0 radical (unpaired) electrons. The van der Waals surface area contributed by atoms with Gasteiger partial charge in [0, 0.05) is 10.7 Å². The van der Waals surface area contributed by atoms with Crippen molar-refractivity contribution in [3.05, 3.63) is 28.8 Å². The summed E-state index contributed by atoms with van der Waals surface area (Å²) < 4.78 is 0. The van der Waals surface area contributed by atoms with E-state index in [2.05, 4.69) is 5.32 Å². The minimum Gasteiger partial charge on any atom is -0.398 e. The minimum atomic E-state index is -1.05. The Balaban J connectivity index is 2.96. The molecule has 18 heavy (non-hydrogen) atoms. The number of nitrogens with one attached hydrogen (secondary N) is 1. The third kappa shape index (κ3) is 3.15. The van der Waals surface area contributed by atoms with Gasteiger partial charge in [-0.1, -0.05) is 11.6 Å². The van der Waals surface area contributed by atoms with Gasteiger partial charge in [0.15, 0.2) is 0 Å². The van der Waals surface area contributed by atoms with Crippen LogP contribution < -0.4 is 11.1 Å². The summed E-state index contributed by atoms with van der Waals surface area (Å²) in [5, 5.41) is 13.2. The van der Waals surface area contributed by atoms with Gasteiger partial charge >= 0.3 is 0 Å². The molecule has 0 aliphatic rings. The van der Waals surface area contributed by atoms with E-state index in [1.807, 2.05) is 0 Å². The first-order valence-corrected chi connectivity index (χ1v) is 6.02. The number of nitrogen functional groups attached to an aromatic ring is 1. The lowest BCUT2D eigenvalue weighted by Gasteiger charge is -2.38. The van der Waals surface area contributed by atoms with Gasteiger partial charge in [0.05, 0.1) is 16.7 Å². The van der Waals surface area contributed by atoms with Crippen molar-refractivity contribution in [1.29, 1.82) is 0 Å². The highest BCUT2D eigenvalue weighted by molar-refractivity contribution is 6.31. The number of carbonyl (C=O) groups excluding carboxylic acids is 1. The van der Waals surface area contributed by atoms with Gasteiger partial charge < -0.3 is 16.2 Å². The summed E-state index contributed by atoms with van der Waals surface area (Å²) in [4.78, 5) is 12.1. The Kier molecular flexibility index (Phi) is 3.93. The molecule has 1 aromatic rings. The van der Waals surface area contributed by atoms with Crippen LogP contribution in [0.1, 0.15) is 38.1 Å². The monoisotopic (exact) mass is 270 g/mol. The summed E-state index contributed by atoms with van der Waals surface area (Å²) in [5.41, 5.74) is 4.56. The van der Waals surface area contributed by atoms with Crippen molar-refractivity contribution in [3.63, 3.8) is 0 Å². The lowest BCUT2D eigenvalue weighted by molar-refractivity contribution is -0.00291. The molecule has 1 aromatic carbocycles. The number of aliphatic hydroxyl groups is 1. The zero-order valence-corrected chi connectivity index (χ0v) is 11.8. The van der Waals surface area contributed by atoms with Crippen molar-refractivity contribution in [2.24, 2.45) is 0 Å². The lowest BCUT2D eigenvalue weighted by Crippen LogP contribution is -2.57. The van der Waals surface area contributed by atoms with E-state index in [-0.39, 0.29) is 5.91 Å². The van der Waals surface area contributed by atoms with E-state index >= 15 is 0 Å². The first-order chi connectivity index (χ1) is 8.04. The van der Waals surface area contributed by atoms with Gasteiger partial charge in [0.25, 0.3) is 5.91 Å². The molecule has 4 N–H and O–H groups in total. The van der Waals surface area contributed by atoms with E-state index < -0.39 is 11.1 Å². The number of nitrogens with two attached hydrogens (primary N) is 1. The fourth-order valence-electron chi connectivity index (χ4n) is 1.24. The third-order valence-electron chi connectivity index (χ3n) is 3.21. The number of amides is 1. The molecule has 0 aliphatic heterocycles. The Bertz CT molecular complexity index is 465. The topological polar surface area (TPSA) is 75.3 Å². The lowest BCUT2D eigenvalue weighted by atomic mass is 9.85. The highest BCUT2D eigenvalue weighted by atomic mass is 35.5. The van der Waals surface area contributed by atoms with Crippen LogP contribution in [0, 0.1) is 0 Å². The van der Waals surface area contributed by atoms with Crippen LogP contribution in [0.3, 0.4) is 0 Å². The summed E-state index contributed by atoms with van der Waals surface area (Å²) in [6, 6.07) is 4.69. The molecule has 0 saturated carbocycles. The standard InChI is InChI=1S/C13H19ClN2O2/c1-12(2,13(3,4)18)16-11(17)9-6-5-8(14)7-10(9)15/h5-7,18H,15H2,1-4H3,(H,16,17). The minimum absolute atomic E-state index is 0.312. The predicted octanol–water partition coefficient (Wildman–Crippen LogP) is 2.20. The number of benzene rings is 1. The molecule has 0 aromatic heterocycles. The van der Waals surface area contributed by atoms with Crippen LogP contribution in [0.2, 0.25) is 5.02 Å².